The minimum absolute atomic E-state index is 0.427. The third kappa shape index (κ3) is 46.8. The van der Waals surface area contributed by atoms with E-state index < -0.39 is 11.9 Å². The van der Waals surface area contributed by atoms with Gasteiger partial charge >= 0.3 is 11.9 Å². The summed E-state index contributed by atoms with van der Waals surface area (Å²) < 4.78 is 10.5. The number of unbranched alkanes of at least 4 members (excludes halogenated alkanes) is 40. The Bertz CT molecular complexity index is 700. The van der Waals surface area contributed by atoms with Crippen molar-refractivity contribution in [3.63, 3.8) is 0 Å². The van der Waals surface area contributed by atoms with Crippen LogP contribution in [0.3, 0.4) is 0 Å². The number of hydrogen-bond donors (Lipinski definition) is 0. The van der Waals surface area contributed by atoms with Gasteiger partial charge in [-0.05, 0) is 12.8 Å². The van der Waals surface area contributed by atoms with E-state index in [1.54, 1.807) is 0 Å². The zero-order valence-electron chi connectivity index (χ0n) is 36.9. The van der Waals surface area contributed by atoms with Gasteiger partial charge < -0.3 is 9.47 Å². The molecule has 4 nitrogen and oxygen atoms in total. The summed E-state index contributed by atoms with van der Waals surface area (Å²) in [6.07, 6.45) is 59.5. The monoisotopic (exact) mass is 761 g/mol. The maximum absolute atomic E-state index is 11.9. The van der Waals surface area contributed by atoms with Crippen molar-refractivity contribution in [2.24, 2.45) is 0 Å². The van der Waals surface area contributed by atoms with Gasteiger partial charge in [0.15, 0.2) is 0 Å². The number of rotatable bonds is 46. The first-order valence-electron chi connectivity index (χ1n) is 24.7. The van der Waals surface area contributed by atoms with Gasteiger partial charge in [0.05, 0.1) is 13.2 Å². The first kappa shape index (κ1) is 52.7. The first-order chi connectivity index (χ1) is 26.7. The molecular formula is C50H96O4. The van der Waals surface area contributed by atoms with Crippen LogP contribution in [-0.4, -0.2) is 25.2 Å². The number of carbonyl (C=O) groups is 2. The summed E-state index contributed by atoms with van der Waals surface area (Å²) in [5.74, 6) is -0.900. The van der Waals surface area contributed by atoms with Gasteiger partial charge in [-0.2, -0.15) is 0 Å². The van der Waals surface area contributed by atoms with Crippen LogP contribution in [0, 0.1) is 0 Å². The van der Waals surface area contributed by atoms with E-state index in [1.165, 1.54) is 256 Å². The molecule has 0 fully saturated rings. The van der Waals surface area contributed by atoms with Gasteiger partial charge in [0, 0.05) is 12.2 Å². The molecule has 0 aliphatic heterocycles. The van der Waals surface area contributed by atoms with Crippen LogP contribution >= 0.6 is 0 Å². The van der Waals surface area contributed by atoms with Gasteiger partial charge in [-0.15, -0.1) is 0 Å². The molecule has 4 heteroatoms. The van der Waals surface area contributed by atoms with Crippen LogP contribution in [0.1, 0.15) is 284 Å². The fourth-order valence-corrected chi connectivity index (χ4v) is 7.65. The van der Waals surface area contributed by atoms with Crippen LogP contribution < -0.4 is 0 Å². The van der Waals surface area contributed by atoms with Gasteiger partial charge in [-0.3, -0.25) is 0 Å². The van der Waals surface area contributed by atoms with Crippen molar-refractivity contribution >= 4 is 11.9 Å². The summed E-state index contributed by atoms with van der Waals surface area (Å²) >= 11 is 0. The van der Waals surface area contributed by atoms with Gasteiger partial charge in [-0.1, -0.05) is 271 Å². The molecule has 0 aromatic rings. The van der Waals surface area contributed by atoms with E-state index in [2.05, 4.69) is 13.8 Å². The van der Waals surface area contributed by atoms with Crippen LogP contribution in [0.4, 0.5) is 0 Å². The quantitative estimate of drug-likeness (QED) is 0.0352. The zero-order valence-corrected chi connectivity index (χ0v) is 36.9. The molecule has 0 aliphatic rings. The average Bonchev–Trinajstić information content (AvgIpc) is 3.18. The van der Waals surface area contributed by atoms with Crippen molar-refractivity contribution in [3.05, 3.63) is 12.2 Å². The molecule has 0 N–H and O–H groups in total. The van der Waals surface area contributed by atoms with E-state index in [4.69, 9.17) is 9.47 Å². The highest BCUT2D eigenvalue weighted by molar-refractivity contribution is 5.91. The second kappa shape index (κ2) is 47.8. The fourth-order valence-electron chi connectivity index (χ4n) is 7.65. The number of esters is 2. The highest BCUT2D eigenvalue weighted by atomic mass is 16.5. The minimum Gasteiger partial charge on any atom is -0.463 e. The molecule has 0 amide bonds. The van der Waals surface area contributed by atoms with E-state index in [9.17, 15) is 9.59 Å². The highest BCUT2D eigenvalue weighted by Gasteiger charge is 2.02. The smallest absolute Gasteiger partial charge is 0.331 e. The Hall–Kier alpha value is -1.32. The van der Waals surface area contributed by atoms with E-state index in [-0.39, 0.29) is 0 Å². The predicted molar refractivity (Wildman–Crippen MR) is 236 cm³/mol. The molecule has 0 aromatic heterocycles. The molecule has 0 radical (unpaired) electrons. The van der Waals surface area contributed by atoms with Gasteiger partial charge in [0.2, 0.25) is 0 Å². The highest BCUT2D eigenvalue weighted by Crippen LogP contribution is 2.17. The molecule has 0 saturated heterocycles. The SMILES string of the molecule is CCCCCCCCCCCCCCCCCCCCCCCOC(=O)C=CC(=O)OCCCCCCCCCCCCCCCCCCCCCCC. The predicted octanol–water partition coefficient (Wildman–Crippen LogP) is 17.1. The van der Waals surface area contributed by atoms with Crippen LogP contribution in [-0.2, 0) is 19.1 Å². The number of ether oxygens (including phenoxy) is 2. The van der Waals surface area contributed by atoms with Crippen molar-refractivity contribution in [2.45, 2.75) is 284 Å². The van der Waals surface area contributed by atoms with Gasteiger partial charge in [-0.25, -0.2) is 9.59 Å². The lowest BCUT2D eigenvalue weighted by atomic mass is 10.0. The normalized spacial score (nSPS) is 11.5. The Morgan fingerprint density at radius 3 is 0.574 bits per heavy atom. The topological polar surface area (TPSA) is 52.6 Å². The number of hydrogen-bond acceptors (Lipinski definition) is 4. The summed E-state index contributed by atoms with van der Waals surface area (Å²) in [7, 11) is 0. The second-order valence-corrected chi connectivity index (χ2v) is 16.8. The molecule has 0 aliphatic carbocycles. The van der Waals surface area contributed by atoms with Crippen LogP contribution in [0.5, 0.6) is 0 Å². The standard InChI is InChI=1S/C50H96O4/c1-3-5-7-9-11-13-15-17-19-21-23-25-27-29-31-33-35-37-39-41-43-47-53-49(51)45-46-50(52)54-48-44-42-40-38-36-34-32-30-28-26-24-22-20-18-16-14-12-10-8-6-4-2/h45-46H,3-44,47-48H2,1-2H3. The Labute approximate surface area is 338 Å². The molecule has 0 atom stereocenters. The molecule has 320 valence electrons. The molecule has 0 spiro atoms. The lowest BCUT2D eigenvalue weighted by Crippen LogP contribution is -2.06. The molecule has 0 saturated carbocycles. The van der Waals surface area contributed by atoms with Crippen molar-refractivity contribution in [1.29, 1.82) is 0 Å². The van der Waals surface area contributed by atoms with Crippen molar-refractivity contribution in [3.8, 4) is 0 Å². The van der Waals surface area contributed by atoms with Gasteiger partial charge in [0.1, 0.15) is 0 Å². The van der Waals surface area contributed by atoms with Crippen LogP contribution in [0.25, 0.3) is 0 Å². The maximum Gasteiger partial charge on any atom is 0.331 e. The number of carbonyl (C=O) groups excluding carboxylic acids is 2. The lowest BCUT2D eigenvalue weighted by molar-refractivity contribution is -0.140. The van der Waals surface area contributed by atoms with Crippen molar-refractivity contribution in [2.75, 3.05) is 13.2 Å². The Balaban J connectivity index is 3.29. The Morgan fingerprint density at radius 1 is 0.259 bits per heavy atom. The van der Waals surface area contributed by atoms with Crippen LogP contribution in [0.2, 0.25) is 0 Å². The molecule has 54 heavy (non-hydrogen) atoms. The van der Waals surface area contributed by atoms with Gasteiger partial charge in [0.25, 0.3) is 0 Å². The molecule has 0 bridgehead atoms. The zero-order chi connectivity index (χ0) is 39.1. The van der Waals surface area contributed by atoms with E-state index in [1.807, 2.05) is 0 Å². The third-order valence-electron chi connectivity index (χ3n) is 11.3. The molecule has 0 rings (SSSR count). The Kier molecular flexibility index (Phi) is 46.7. The third-order valence-corrected chi connectivity index (χ3v) is 11.3. The van der Waals surface area contributed by atoms with E-state index in [0.29, 0.717) is 13.2 Å². The molecular weight excluding hydrogens is 665 g/mol. The molecule has 0 unspecified atom stereocenters. The summed E-state index contributed by atoms with van der Waals surface area (Å²) in [4.78, 5) is 23.8. The summed E-state index contributed by atoms with van der Waals surface area (Å²) in [5, 5.41) is 0. The average molecular weight is 761 g/mol. The summed E-state index contributed by atoms with van der Waals surface area (Å²) in [6, 6.07) is 0. The summed E-state index contributed by atoms with van der Waals surface area (Å²) in [6.45, 7) is 5.44. The minimum atomic E-state index is -0.450. The lowest BCUT2D eigenvalue weighted by Gasteiger charge is -2.05. The summed E-state index contributed by atoms with van der Waals surface area (Å²) in [5.41, 5.74) is 0. The fraction of sp³-hybridized carbons (Fsp3) is 0.920. The van der Waals surface area contributed by atoms with E-state index in [0.717, 1.165) is 25.7 Å². The van der Waals surface area contributed by atoms with E-state index >= 15 is 0 Å². The molecule has 0 heterocycles. The second-order valence-electron chi connectivity index (χ2n) is 16.8. The van der Waals surface area contributed by atoms with Crippen LogP contribution in [0.15, 0.2) is 12.2 Å². The van der Waals surface area contributed by atoms with Crippen molar-refractivity contribution in [1.82, 2.24) is 0 Å². The largest absolute Gasteiger partial charge is 0.463 e. The first-order valence-corrected chi connectivity index (χ1v) is 24.7. The van der Waals surface area contributed by atoms with Crippen molar-refractivity contribution < 1.29 is 19.1 Å². The maximum atomic E-state index is 11.9. The Morgan fingerprint density at radius 2 is 0.407 bits per heavy atom. The molecule has 0 aromatic carbocycles.